The molecule has 3 aromatic rings. The van der Waals surface area contributed by atoms with Crippen molar-refractivity contribution < 1.29 is 14.6 Å². The lowest BCUT2D eigenvalue weighted by molar-refractivity contribution is 0.0528. The van der Waals surface area contributed by atoms with E-state index in [1.807, 2.05) is 45.0 Å². The molecule has 25 heavy (non-hydrogen) atoms. The third-order valence-corrected chi connectivity index (χ3v) is 4.39. The number of carbonyl (C=O) groups excluding carboxylic acids is 1. The van der Waals surface area contributed by atoms with E-state index in [9.17, 15) is 9.90 Å². The lowest BCUT2D eigenvalue weighted by atomic mass is 10.1. The SMILES string of the molecule is CC(C)(C)OC(=O)n1c(C(O)c2ccc(I)cc2)cc2cnccc21. The first-order chi connectivity index (χ1) is 11.8. The quantitative estimate of drug-likeness (QED) is 0.584. The molecular formula is C19H19IN2O3. The van der Waals surface area contributed by atoms with Crippen molar-refractivity contribution in [3.63, 3.8) is 0 Å². The monoisotopic (exact) mass is 450 g/mol. The molecule has 0 spiro atoms. The number of rotatable bonds is 2. The number of pyridine rings is 1. The summed E-state index contributed by atoms with van der Waals surface area (Å²) in [4.78, 5) is 16.9. The summed E-state index contributed by atoms with van der Waals surface area (Å²) in [5.74, 6) is 0. The van der Waals surface area contributed by atoms with Crippen molar-refractivity contribution >= 4 is 39.6 Å². The van der Waals surface area contributed by atoms with E-state index in [4.69, 9.17) is 4.74 Å². The van der Waals surface area contributed by atoms with Crippen molar-refractivity contribution in [2.24, 2.45) is 0 Å². The van der Waals surface area contributed by atoms with Crippen LogP contribution in [0.2, 0.25) is 0 Å². The molecular weight excluding hydrogens is 431 g/mol. The van der Waals surface area contributed by atoms with E-state index in [1.54, 1.807) is 24.5 Å². The topological polar surface area (TPSA) is 64.3 Å². The third kappa shape index (κ3) is 3.85. The summed E-state index contributed by atoms with van der Waals surface area (Å²) in [6, 6.07) is 11.0. The van der Waals surface area contributed by atoms with Gasteiger partial charge in [-0.15, -0.1) is 0 Å². The van der Waals surface area contributed by atoms with Gasteiger partial charge in [0.2, 0.25) is 0 Å². The molecule has 0 saturated carbocycles. The van der Waals surface area contributed by atoms with Crippen LogP contribution in [0.25, 0.3) is 10.9 Å². The average molecular weight is 450 g/mol. The molecule has 3 rings (SSSR count). The van der Waals surface area contributed by atoms with E-state index in [0.29, 0.717) is 16.8 Å². The van der Waals surface area contributed by atoms with Gasteiger partial charge in [0.05, 0.1) is 11.2 Å². The summed E-state index contributed by atoms with van der Waals surface area (Å²) in [6.45, 7) is 5.44. The molecule has 6 heteroatoms. The zero-order valence-electron chi connectivity index (χ0n) is 14.2. The fraction of sp³-hybridized carbons (Fsp3) is 0.263. The number of aromatic nitrogens is 2. The second-order valence-electron chi connectivity index (χ2n) is 6.77. The molecule has 1 N–H and O–H groups in total. The summed E-state index contributed by atoms with van der Waals surface area (Å²) in [7, 11) is 0. The molecule has 1 atom stereocenters. The van der Waals surface area contributed by atoms with Gasteiger partial charge in [-0.25, -0.2) is 9.36 Å². The molecule has 0 aliphatic heterocycles. The van der Waals surface area contributed by atoms with Crippen molar-refractivity contribution in [1.29, 1.82) is 0 Å². The van der Waals surface area contributed by atoms with Gasteiger partial charge in [-0.2, -0.15) is 0 Å². The fourth-order valence-corrected chi connectivity index (χ4v) is 2.97. The predicted molar refractivity (Wildman–Crippen MR) is 105 cm³/mol. The summed E-state index contributed by atoms with van der Waals surface area (Å²) < 4.78 is 8.02. The van der Waals surface area contributed by atoms with E-state index in [0.717, 1.165) is 8.96 Å². The Morgan fingerprint density at radius 2 is 1.92 bits per heavy atom. The maximum Gasteiger partial charge on any atom is 0.419 e. The van der Waals surface area contributed by atoms with E-state index >= 15 is 0 Å². The lowest BCUT2D eigenvalue weighted by Gasteiger charge is -2.22. The average Bonchev–Trinajstić information content (AvgIpc) is 2.93. The Bertz CT molecular complexity index is 911. The summed E-state index contributed by atoms with van der Waals surface area (Å²) >= 11 is 2.21. The number of hydrogen-bond donors (Lipinski definition) is 1. The molecule has 5 nitrogen and oxygen atoms in total. The second kappa shape index (κ2) is 6.76. The van der Waals surface area contributed by atoms with Crippen LogP contribution in [0.5, 0.6) is 0 Å². The molecule has 0 radical (unpaired) electrons. The van der Waals surface area contributed by atoms with Crippen LogP contribution in [0, 0.1) is 3.57 Å². The number of benzene rings is 1. The summed E-state index contributed by atoms with van der Waals surface area (Å²) in [6.07, 6.45) is 1.81. The highest BCUT2D eigenvalue weighted by Gasteiger charge is 2.25. The smallest absolute Gasteiger partial charge is 0.419 e. The molecule has 0 bridgehead atoms. The standard InChI is InChI=1S/C19H19IN2O3/c1-19(2,3)25-18(24)22-15-8-9-21-11-13(15)10-16(22)17(23)12-4-6-14(20)7-5-12/h4-11,17,23H,1-3H3. The van der Waals surface area contributed by atoms with E-state index in [1.165, 1.54) is 4.57 Å². The number of nitrogens with zero attached hydrogens (tertiary/aromatic N) is 2. The highest BCUT2D eigenvalue weighted by atomic mass is 127. The first-order valence-electron chi connectivity index (χ1n) is 7.88. The molecule has 0 aliphatic carbocycles. The van der Waals surface area contributed by atoms with Crippen LogP contribution in [0.1, 0.15) is 38.1 Å². The number of aliphatic hydroxyl groups excluding tert-OH is 1. The maximum atomic E-state index is 12.8. The molecule has 0 saturated heterocycles. The first kappa shape index (κ1) is 17.9. The van der Waals surface area contributed by atoms with Crippen LogP contribution in [-0.2, 0) is 4.74 Å². The number of carbonyl (C=O) groups is 1. The zero-order valence-corrected chi connectivity index (χ0v) is 16.4. The van der Waals surface area contributed by atoms with Crippen LogP contribution >= 0.6 is 22.6 Å². The maximum absolute atomic E-state index is 12.8. The predicted octanol–water partition coefficient (Wildman–Crippen LogP) is 4.51. The van der Waals surface area contributed by atoms with Crippen LogP contribution in [0.15, 0.2) is 48.8 Å². The van der Waals surface area contributed by atoms with Crippen molar-refractivity contribution in [1.82, 2.24) is 9.55 Å². The van der Waals surface area contributed by atoms with Gasteiger partial charge in [-0.05, 0) is 73.2 Å². The van der Waals surface area contributed by atoms with Crippen molar-refractivity contribution in [2.45, 2.75) is 32.5 Å². The number of hydrogen-bond acceptors (Lipinski definition) is 4. The Morgan fingerprint density at radius 1 is 1.24 bits per heavy atom. The van der Waals surface area contributed by atoms with E-state index < -0.39 is 17.8 Å². The van der Waals surface area contributed by atoms with Gasteiger partial charge in [-0.3, -0.25) is 4.98 Å². The largest absolute Gasteiger partial charge is 0.443 e. The molecule has 1 aromatic carbocycles. The van der Waals surface area contributed by atoms with Crippen LogP contribution in [0.3, 0.4) is 0 Å². The molecule has 0 fully saturated rings. The minimum absolute atomic E-state index is 0.457. The molecule has 130 valence electrons. The minimum atomic E-state index is -0.947. The fourth-order valence-electron chi connectivity index (χ4n) is 2.61. The number of halogens is 1. The van der Waals surface area contributed by atoms with Gasteiger partial charge in [0.25, 0.3) is 0 Å². The van der Waals surface area contributed by atoms with E-state index in [-0.39, 0.29) is 0 Å². The van der Waals surface area contributed by atoms with Gasteiger partial charge in [0.1, 0.15) is 11.7 Å². The Hall–Kier alpha value is -1.93. The normalized spacial score (nSPS) is 13.0. The number of aliphatic hydroxyl groups is 1. The van der Waals surface area contributed by atoms with Gasteiger partial charge in [0.15, 0.2) is 0 Å². The minimum Gasteiger partial charge on any atom is -0.443 e. The Morgan fingerprint density at radius 3 is 2.56 bits per heavy atom. The van der Waals surface area contributed by atoms with Gasteiger partial charge in [-0.1, -0.05) is 12.1 Å². The highest BCUT2D eigenvalue weighted by Crippen LogP contribution is 2.29. The van der Waals surface area contributed by atoms with Gasteiger partial charge >= 0.3 is 6.09 Å². The summed E-state index contributed by atoms with van der Waals surface area (Å²) in [5, 5.41) is 11.6. The van der Waals surface area contributed by atoms with Crippen molar-refractivity contribution in [3.05, 3.63) is 63.6 Å². The third-order valence-electron chi connectivity index (χ3n) is 3.67. The van der Waals surface area contributed by atoms with Crippen molar-refractivity contribution in [3.8, 4) is 0 Å². The van der Waals surface area contributed by atoms with Crippen LogP contribution < -0.4 is 0 Å². The molecule has 2 aromatic heterocycles. The van der Waals surface area contributed by atoms with Gasteiger partial charge in [0, 0.05) is 21.4 Å². The molecule has 1 unspecified atom stereocenters. The zero-order chi connectivity index (χ0) is 18.2. The molecule has 0 aliphatic rings. The number of ether oxygens (including phenoxy) is 1. The Labute approximate surface area is 159 Å². The number of fused-ring (bicyclic) bond motifs is 1. The second-order valence-corrected chi connectivity index (χ2v) is 8.02. The highest BCUT2D eigenvalue weighted by molar-refractivity contribution is 14.1. The summed E-state index contributed by atoms with van der Waals surface area (Å²) in [5.41, 5.74) is 1.19. The van der Waals surface area contributed by atoms with Crippen LogP contribution in [0.4, 0.5) is 4.79 Å². The first-order valence-corrected chi connectivity index (χ1v) is 8.96. The van der Waals surface area contributed by atoms with Crippen molar-refractivity contribution in [2.75, 3.05) is 0 Å². The van der Waals surface area contributed by atoms with E-state index in [2.05, 4.69) is 27.6 Å². The molecule has 0 amide bonds. The Kier molecular flexibility index (Phi) is 4.83. The van der Waals surface area contributed by atoms with Gasteiger partial charge < -0.3 is 9.84 Å². The Balaban J connectivity index is 2.12. The van der Waals surface area contributed by atoms with Crippen LogP contribution in [-0.4, -0.2) is 26.4 Å². The molecule has 2 heterocycles. The lowest BCUT2D eigenvalue weighted by Crippen LogP contribution is -2.28.